The van der Waals surface area contributed by atoms with Crippen molar-refractivity contribution >= 4 is 17.2 Å². The highest BCUT2D eigenvalue weighted by molar-refractivity contribution is 7.08. The van der Waals surface area contributed by atoms with Crippen molar-refractivity contribution in [1.82, 2.24) is 15.1 Å². The summed E-state index contributed by atoms with van der Waals surface area (Å²) in [5.74, 6) is 2.07. The number of allylic oxidation sites excluding steroid dienone is 2. The molecule has 4 rings (SSSR count). The molecule has 0 aromatic carbocycles. The minimum absolute atomic E-state index is 0.181. The number of likely N-dealkylation sites (tertiary alicyclic amines) is 1. The van der Waals surface area contributed by atoms with Crippen LogP contribution in [0.1, 0.15) is 43.9 Å². The minimum atomic E-state index is 0.181. The molecular formula is C18H21N3O2S. The van der Waals surface area contributed by atoms with E-state index in [1.807, 2.05) is 21.7 Å². The summed E-state index contributed by atoms with van der Waals surface area (Å²) < 4.78 is 5.85. The first-order valence-electron chi connectivity index (χ1n) is 8.61. The summed E-state index contributed by atoms with van der Waals surface area (Å²) >= 11 is 1.62. The van der Waals surface area contributed by atoms with Gasteiger partial charge in [-0.05, 0) is 43.6 Å². The smallest absolute Gasteiger partial charge is 0.248 e. The Balaban J connectivity index is 1.36. The normalized spacial score (nSPS) is 22.0. The molecule has 6 heteroatoms. The maximum atomic E-state index is 12.6. The number of thiophene rings is 1. The molecule has 1 aliphatic carbocycles. The summed E-state index contributed by atoms with van der Waals surface area (Å²) in [6.45, 7) is 1.58. The zero-order valence-electron chi connectivity index (χ0n) is 13.6. The van der Waals surface area contributed by atoms with Gasteiger partial charge in [-0.15, -0.1) is 10.2 Å². The maximum Gasteiger partial charge on any atom is 0.248 e. The Morgan fingerprint density at radius 1 is 1.21 bits per heavy atom. The summed E-state index contributed by atoms with van der Waals surface area (Å²) in [4.78, 5) is 14.6. The summed E-state index contributed by atoms with van der Waals surface area (Å²) in [7, 11) is 0. The second kappa shape index (κ2) is 6.89. The molecule has 1 aliphatic heterocycles. The van der Waals surface area contributed by atoms with E-state index < -0.39 is 0 Å². The average molecular weight is 343 g/mol. The Morgan fingerprint density at radius 3 is 2.79 bits per heavy atom. The fourth-order valence-corrected chi connectivity index (χ4v) is 4.16. The zero-order valence-corrected chi connectivity index (χ0v) is 14.4. The topological polar surface area (TPSA) is 59.2 Å². The fourth-order valence-electron chi connectivity index (χ4n) is 3.53. The molecule has 1 fully saturated rings. The lowest BCUT2D eigenvalue weighted by Gasteiger charge is -2.33. The number of aromatic nitrogens is 2. The summed E-state index contributed by atoms with van der Waals surface area (Å²) in [6, 6.07) is 1.99. The van der Waals surface area contributed by atoms with Gasteiger partial charge in [-0.1, -0.05) is 12.2 Å². The van der Waals surface area contributed by atoms with E-state index in [1.165, 1.54) is 0 Å². The monoisotopic (exact) mass is 343 g/mol. The van der Waals surface area contributed by atoms with Crippen molar-refractivity contribution in [2.75, 3.05) is 13.1 Å². The van der Waals surface area contributed by atoms with Gasteiger partial charge in [-0.3, -0.25) is 4.79 Å². The third kappa shape index (κ3) is 3.15. The van der Waals surface area contributed by atoms with Crippen LogP contribution >= 0.6 is 11.3 Å². The van der Waals surface area contributed by atoms with Gasteiger partial charge < -0.3 is 9.32 Å². The molecule has 1 amide bonds. The molecular weight excluding hydrogens is 322 g/mol. The number of nitrogens with zero attached hydrogens (tertiary/aromatic N) is 3. The minimum Gasteiger partial charge on any atom is -0.420 e. The van der Waals surface area contributed by atoms with E-state index in [1.54, 1.807) is 11.3 Å². The lowest BCUT2D eigenvalue weighted by Crippen LogP contribution is -2.41. The third-order valence-electron chi connectivity index (χ3n) is 4.98. The molecule has 1 saturated heterocycles. The molecule has 0 N–H and O–H groups in total. The van der Waals surface area contributed by atoms with Gasteiger partial charge in [0.05, 0.1) is 0 Å². The van der Waals surface area contributed by atoms with Crippen molar-refractivity contribution in [3.63, 3.8) is 0 Å². The van der Waals surface area contributed by atoms with Crippen LogP contribution in [0.15, 0.2) is 33.4 Å². The molecule has 3 heterocycles. The first kappa shape index (κ1) is 15.6. The van der Waals surface area contributed by atoms with E-state index in [4.69, 9.17) is 4.42 Å². The van der Waals surface area contributed by atoms with Crippen LogP contribution in [-0.4, -0.2) is 34.1 Å². The van der Waals surface area contributed by atoms with Crippen LogP contribution in [0, 0.1) is 5.92 Å². The SMILES string of the molecule is O=C([C@@H]1CC=CCC1)N1CCC(c2nnc(-c3ccsc3)o2)CC1. The number of hydrogen-bond donors (Lipinski definition) is 0. The lowest BCUT2D eigenvalue weighted by molar-refractivity contribution is -0.136. The second-order valence-corrected chi connectivity index (χ2v) is 7.32. The summed E-state index contributed by atoms with van der Waals surface area (Å²) in [5.41, 5.74) is 0.983. The first-order valence-corrected chi connectivity index (χ1v) is 9.55. The predicted molar refractivity (Wildman–Crippen MR) is 92.6 cm³/mol. The fraction of sp³-hybridized carbons (Fsp3) is 0.500. The lowest BCUT2D eigenvalue weighted by atomic mass is 9.91. The van der Waals surface area contributed by atoms with Gasteiger partial charge in [0.15, 0.2) is 0 Å². The van der Waals surface area contributed by atoms with Gasteiger partial charge >= 0.3 is 0 Å². The zero-order chi connectivity index (χ0) is 16.4. The molecule has 0 bridgehead atoms. The highest BCUT2D eigenvalue weighted by Gasteiger charge is 2.30. The molecule has 0 radical (unpaired) electrons. The quantitative estimate of drug-likeness (QED) is 0.794. The van der Waals surface area contributed by atoms with Crippen LogP contribution in [0.2, 0.25) is 0 Å². The molecule has 2 aromatic heterocycles. The van der Waals surface area contributed by atoms with E-state index in [2.05, 4.69) is 22.3 Å². The highest BCUT2D eigenvalue weighted by atomic mass is 32.1. The average Bonchev–Trinajstić information content (AvgIpc) is 3.33. The van der Waals surface area contributed by atoms with Crippen LogP contribution in [0.4, 0.5) is 0 Å². The van der Waals surface area contributed by atoms with Gasteiger partial charge in [-0.25, -0.2) is 0 Å². The van der Waals surface area contributed by atoms with Crippen molar-refractivity contribution in [3.8, 4) is 11.5 Å². The van der Waals surface area contributed by atoms with E-state index in [-0.39, 0.29) is 11.8 Å². The Kier molecular flexibility index (Phi) is 4.47. The number of carbonyl (C=O) groups excluding carboxylic acids is 1. The van der Waals surface area contributed by atoms with Gasteiger partial charge in [0, 0.05) is 35.9 Å². The van der Waals surface area contributed by atoms with Crippen molar-refractivity contribution in [2.45, 2.75) is 38.0 Å². The predicted octanol–water partition coefficient (Wildman–Crippen LogP) is 3.86. The first-order chi connectivity index (χ1) is 11.8. The van der Waals surface area contributed by atoms with Gasteiger partial charge in [-0.2, -0.15) is 11.3 Å². The van der Waals surface area contributed by atoms with Crippen LogP contribution in [0.25, 0.3) is 11.5 Å². The number of piperidine rings is 1. The Hall–Kier alpha value is -1.95. The number of rotatable bonds is 3. The van der Waals surface area contributed by atoms with Crippen molar-refractivity contribution in [1.29, 1.82) is 0 Å². The van der Waals surface area contributed by atoms with E-state index >= 15 is 0 Å². The number of amides is 1. The summed E-state index contributed by atoms with van der Waals surface area (Å²) in [5, 5.41) is 12.4. The summed E-state index contributed by atoms with van der Waals surface area (Å²) in [6.07, 6.45) is 9.04. The number of carbonyl (C=O) groups is 1. The van der Waals surface area contributed by atoms with Crippen molar-refractivity contribution < 1.29 is 9.21 Å². The van der Waals surface area contributed by atoms with Crippen molar-refractivity contribution in [2.24, 2.45) is 5.92 Å². The van der Waals surface area contributed by atoms with E-state index in [0.717, 1.165) is 50.8 Å². The van der Waals surface area contributed by atoms with Crippen LogP contribution in [0.5, 0.6) is 0 Å². The van der Waals surface area contributed by atoms with Crippen LogP contribution < -0.4 is 0 Å². The van der Waals surface area contributed by atoms with E-state index in [0.29, 0.717) is 17.7 Å². The Morgan fingerprint density at radius 2 is 2.08 bits per heavy atom. The molecule has 0 unspecified atom stereocenters. The molecule has 2 aromatic rings. The van der Waals surface area contributed by atoms with Gasteiger partial charge in [0.2, 0.25) is 17.7 Å². The van der Waals surface area contributed by atoms with Crippen LogP contribution in [0.3, 0.4) is 0 Å². The molecule has 126 valence electrons. The molecule has 24 heavy (non-hydrogen) atoms. The molecule has 1 atom stereocenters. The largest absolute Gasteiger partial charge is 0.420 e. The Bertz CT molecular complexity index is 714. The van der Waals surface area contributed by atoms with Gasteiger partial charge in [0.25, 0.3) is 0 Å². The third-order valence-corrected chi connectivity index (χ3v) is 5.67. The van der Waals surface area contributed by atoms with Crippen molar-refractivity contribution in [3.05, 3.63) is 34.9 Å². The maximum absolute atomic E-state index is 12.6. The molecule has 5 nitrogen and oxygen atoms in total. The molecule has 2 aliphatic rings. The number of hydrogen-bond acceptors (Lipinski definition) is 5. The molecule has 0 saturated carbocycles. The van der Waals surface area contributed by atoms with Crippen LogP contribution in [-0.2, 0) is 4.79 Å². The van der Waals surface area contributed by atoms with E-state index in [9.17, 15) is 4.79 Å². The second-order valence-electron chi connectivity index (χ2n) is 6.54. The van der Waals surface area contributed by atoms with Gasteiger partial charge in [0.1, 0.15) is 0 Å². The Labute approximate surface area is 145 Å². The standard InChI is InChI=1S/C18H21N3O2S/c22-18(14-4-2-1-3-5-14)21-9-6-13(7-10-21)16-19-20-17(23-16)15-8-11-24-12-15/h1-2,8,11-14H,3-7,9-10H2/t14-/m1/s1. The highest BCUT2D eigenvalue weighted by Crippen LogP contribution is 2.31. The molecule has 0 spiro atoms.